The summed E-state index contributed by atoms with van der Waals surface area (Å²) in [6, 6.07) is 0. The van der Waals surface area contributed by atoms with Crippen LogP contribution >= 0.6 is 0 Å². The van der Waals surface area contributed by atoms with Crippen molar-refractivity contribution in [2.24, 2.45) is 12.8 Å². The molecule has 2 fully saturated rings. The molecule has 4 heteroatoms. The molecule has 0 spiro atoms. The van der Waals surface area contributed by atoms with Crippen LogP contribution in [0.5, 0.6) is 0 Å². The monoisotopic (exact) mass is 234 g/mol. The SMILES string of the molecule is Cn1nc(C2CC2)nc1CC1(N)CCCCC1. The maximum Gasteiger partial charge on any atom is 0.154 e. The predicted octanol–water partition coefficient (Wildman–Crippen LogP) is 1.90. The standard InChI is InChI=1S/C13H22N4/c1-17-11(15-12(16-17)10-5-6-10)9-13(14)7-3-2-4-8-13/h10H,2-9,14H2,1H3. The number of aryl methyl sites for hydroxylation is 1. The van der Waals surface area contributed by atoms with Crippen molar-refractivity contribution in [3.63, 3.8) is 0 Å². The minimum absolute atomic E-state index is 0.0279. The summed E-state index contributed by atoms with van der Waals surface area (Å²) in [5.41, 5.74) is 6.45. The molecule has 0 bridgehead atoms. The molecule has 3 rings (SSSR count). The fourth-order valence-electron chi connectivity index (χ4n) is 2.85. The van der Waals surface area contributed by atoms with Crippen molar-refractivity contribution >= 4 is 0 Å². The number of rotatable bonds is 3. The Labute approximate surface area is 103 Å². The first kappa shape index (κ1) is 11.2. The quantitative estimate of drug-likeness (QED) is 0.869. The van der Waals surface area contributed by atoms with Gasteiger partial charge in [-0.05, 0) is 25.7 Å². The van der Waals surface area contributed by atoms with E-state index >= 15 is 0 Å². The van der Waals surface area contributed by atoms with Gasteiger partial charge in [0.25, 0.3) is 0 Å². The van der Waals surface area contributed by atoms with Crippen LogP contribution in [-0.2, 0) is 13.5 Å². The molecule has 0 amide bonds. The third-order valence-corrected chi connectivity index (χ3v) is 4.17. The largest absolute Gasteiger partial charge is 0.325 e. The van der Waals surface area contributed by atoms with E-state index in [1.165, 1.54) is 32.1 Å². The van der Waals surface area contributed by atoms with Gasteiger partial charge in [0.05, 0.1) is 0 Å². The lowest BCUT2D eigenvalue weighted by atomic mass is 9.80. The van der Waals surface area contributed by atoms with Crippen LogP contribution in [0.2, 0.25) is 0 Å². The third-order valence-electron chi connectivity index (χ3n) is 4.17. The smallest absolute Gasteiger partial charge is 0.154 e. The second-order valence-electron chi connectivity index (χ2n) is 5.88. The normalized spacial score (nSPS) is 23.9. The van der Waals surface area contributed by atoms with Crippen LogP contribution in [-0.4, -0.2) is 20.3 Å². The molecule has 0 radical (unpaired) electrons. The summed E-state index contributed by atoms with van der Waals surface area (Å²) in [6.45, 7) is 0. The molecule has 0 aliphatic heterocycles. The third kappa shape index (κ3) is 2.37. The predicted molar refractivity (Wildman–Crippen MR) is 66.7 cm³/mol. The van der Waals surface area contributed by atoms with E-state index in [0.717, 1.165) is 30.9 Å². The van der Waals surface area contributed by atoms with Crippen LogP contribution in [0.1, 0.15) is 62.5 Å². The van der Waals surface area contributed by atoms with Gasteiger partial charge in [0.15, 0.2) is 5.82 Å². The lowest BCUT2D eigenvalue weighted by molar-refractivity contribution is 0.287. The van der Waals surface area contributed by atoms with Crippen LogP contribution < -0.4 is 5.73 Å². The van der Waals surface area contributed by atoms with Crippen LogP contribution in [0.3, 0.4) is 0 Å². The topological polar surface area (TPSA) is 56.7 Å². The first-order chi connectivity index (χ1) is 8.16. The molecule has 4 nitrogen and oxygen atoms in total. The van der Waals surface area contributed by atoms with Crippen LogP contribution in [0.25, 0.3) is 0 Å². The Morgan fingerprint density at radius 2 is 2.00 bits per heavy atom. The van der Waals surface area contributed by atoms with E-state index in [4.69, 9.17) is 5.73 Å². The van der Waals surface area contributed by atoms with E-state index in [-0.39, 0.29) is 5.54 Å². The maximum atomic E-state index is 6.48. The van der Waals surface area contributed by atoms with Crippen LogP contribution in [0, 0.1) is 0 Å². The Bertz CT molecular complexity index is 400. The zero-order chi connectivity index (χ0) is 11.9. The molecule has 2 aliphatic carbocycles. The summed E-state index contributed by atoms with van der Waals surface area (Å²) < 4.78 is 1.94. The lowest BCUT2D eigenvalue weighted by Gasteiger charge is -2.32. The van der Waals surface area contributed by atoms with Gasteiger partial charge in [0, 0.05) is 24.9 Å². The van der Waals surface area contributed by atoms with Gasteiger partial charge in [0.2, 0.25) is 0 Å². The zero-order valence-corrected chi connectivity index (χ0v) is 10.7. The van der Waals surface area contributed by atoms with E-state index in [1.807, 2.05) is 11.7 Å². The van der Waals surface area contributed by atoms with Crippen LogP contribution in [0.4, 0.5) is 0 Å². The Balaban J connectivity index is 1.74. The Kier molecular flexibility index (Phi) is 2.69. The highest BCUT2D eigenvalue weighted by Crippen LogP contribution is 2.38. The summed E-state index contributed by atoms with van der Waals surface area (Å²) in [5, 5.41) is 4.52. The molecule has 94 valence electrons. The molecule has 2 aliphatic rings. The number of nitrogens with zero attached hydrogens (tertiary/aromatic N) is 3. The summed E-state index contributed by atoms with van der Waals surface area (Å²) >= 11 is 0. The maximum absolute atomic E-state index is 6.48. The molecular formula is C13H22N4. The fraction of sp³-hybridized carbons (Fsp3) is 0.846. The Morgan fingerprint density at radius 3 is 2.65 bits per heavy atom. The lowest BCUT2D eigenvalue weighted by Crippen LogP contribution is -2.44. The molecule has 1 aromatic heterocycles. The fourth-order valence-corrected chi connectivity index (χ4v) is 2.85. The molecule has 0 atom stereocenters. The second kappa shape index (κ2) is 4.09. The van der Waals surface area contributed by atoms with Gasteiger partial charge in [-0.2, -0.15) is 5.10 Å². The van der Waals surface area contributed by atoms with Crippen molar-refractivity contribution in [1.82, 2.24) is 14.8 Å². The summed E-state index contributed by atoms with van der Waals surface area (Å²) in [7, 11) is 2.00. The highest BCUT2D eigenvalue weighted by atomic mass is 15.3. The first-order valence-corrected chi connectivity index (χ1v) is 6.85. The number of hydrogen-bond acceptors (Lipinski definition) is 3. The van der Waals surface area contributed by atoms with E-state index in [9.17, 15) is 0 Å². The minimum Gasteiger partial charge on any atom is -0.325 e. The summed E-state index contributed by atoms with van der Waals surface area (Å²) in [6.07, 6.45) is 9.56. The van der Waals surface area contributed by atoms with Gasteiger partial charge in [-0.25, -0.2) is 4.98 Å². The molecule has 2 saturated carbocycles. The average Bonchev–Trinajstić information content (AvgIpc) is 3.07. The summed E-state index contributed by atoms with van der Waals surface area (Å²) in [5.74, 6) is 2.76. The molecule has 1 heterocycles. The first-order valence-electron chi connectivity index (χ1n) is 6.85. The van der Waals surface area contributed by atoms with Gasteiger partial charge in [-0.3, -0.25) is 4.68 Å². The zero-order valence-electron chi connectivity index (χ0n) is 10.7. The molecule has 0 aromatic carbocycles. The van der Waals surface area contributed by atoms with E-state index in [1.54, 1.807) is 0 Å². The highest BCUT2D eigenvalue weighted by molar-refractivity contribution is 5.08. The van der Waals surface area contributed by atoms with E-state index in [2.05, 4.69) is 10.1 Å². The van der Waals surface area contributed by atoms with Gasteiger partial charge in [-0.1, -0.05) is 19.3 Å². The molecule has 2 N–H and O–H groups in total. The molecule has 0 saturated heterocycles. The van der Waals surface area contributed by atoms with Gasteiger partial charge < -0.3 is 5.73 Å². The molecule has 0 unspecified atom stereocenters. The van der Waals surface area contributed by atoms with Crippen molar-refractivity contribution in [3.05, 3.63) is 11.6 Å². The van der Waals surface area contributed by atoms with Crippen molar-refractivity contribution in [2.75, 3.05) is 0 Å². The van der Waals surface area contributed by atoms with E-state index in [0.29, 0.717) is 5.92 Å². The van der Waals surface area contributed by atoms with Gasteiger partial charge in [-0.15, -0.1) is 0 Å². The van der Waals surface area contributed by atoms with Crippen molar-refractivity contribution in [3.8, 4) is 0 Å². The second-order valence-corrected chi connectivity index (χ2v) is 5.88. The molecular weight excluding hydrogens is 212 g/mol. The highest BCUT2D eigenvalue weighted by Gasteiger charge is 2.32. The Hall–Kier alpha value is -0.900. The van der Waals surface area contributed by atoms with E-state index < -0.39 is 0 Å². The van der Waals surface area contributed by atoms with Crippen LogP contribution in [0.15, 0.2) is 0 Å². The number of hydrogen-bond donors (Lipinski definition) is 1. The minimum atomic E-state index is -0.0279. The number of aromatic nitrogens is 3. The van der Waals surface area contributed by atoms with Crippen molar-refractivity contribution in [1.29, 1.82) is 0 Å². The van der Waals surface area contributed by atoms with Gasteiger partial charge in [0.1, 0.15) is 5.82 Å². The van der Waals surface area contributed by atoms with Gasteiger partial charge >= 0.3 is 0 Å². The van der Waals surface area contributed by atoms with Crippen molar-refractivity contribution < 1.29 is 0 Å². The number of nitrogens with two attached hydrogens (primary N) is 1. The Morgan fingerprint density at radius 1 is 1.29 bits per heavy atom. The molecule has 1 aromatic rings. The summed E-state index contributed by atoms with van der Waals surface area (Å²) in [4.78, 5) is 4.68. The average molecular weight is 234 g/mol. The van der Waals surface area contributed by atoms with Crippen molar-refractivity contribution in [2.45, 2.75) is 62.8 Å². The molecule has 17 heavy (non-hydrogen) atoms.